The third-order valence-corrected chi connectivity index (χ3v) is 4.68. The lowest BCUT2D eigenvalue weighted by Gasteiger charge is -2.27. The molecule has 3 amide bonds. The summed E-state index contributed by atoms with van der Waals surface area (Å²) in [5, 5.41) is 13.3. The van der Waals surface area contributed by atoms with Crippen LogP contribution < -0.4 is 15.0 Å². The summed E-state index contributed by atoms with van der Waals surface area (Å²) in [7, 11) is 0. The summed E-state index contributed by atoms with van der Waals surface area (Å²) in [5.41, 5.74) is -0.548. The number of nitrogens with one attached hydrogen (secondary N) is 1. The van der Waals surface area contributed by atoms with Crippen LogP contribution in [0, 0.1) is 10.1 Å². The van der Waals surface area contributed by atoms with E-state index in [2.05, 4.69) is 15.3 Å². The topological polar surface area (TPSA) is 163 Å². The van der Waals surface area contributed by atoms with Crippen LogP contribution in [0.15, 0.2) is 60.8 Å². The molecule has 210 valence electrons. The molecule has 0 aliphatic carbocycles. The fourth-order valence-corrected chi connectivity index (χ4v) is 3.08. The van der Waals surface area contributed by atoms with Gasteiger partial charge >= 0.3 is 18.3 Å². The molecule has 1 N–H and O–H groups in total. The predicted octanol–water partition coefficient (Wildman–Crippen LogP) is 6.34. The number of anilines is 2. The van der Waals surface area contributed by atoms with E-state index in [0.29, 0.717) is 21.8 Å². The number of carbonyl (C=O) groups excluding carboxylic acids is 3. The number of imide groups is 1. The number of ether oxygens (including phenoxy) is 3. The average molecular weight is 552 g/mol. The first-order valence-corrected chi connectivity index (χ1v) is 12.0. The molecule has 0 saturated carbocycles. The first-order valence-electron chi connectivity index (χ1n) is 12.0. The molecule has 0 unspecified atom stereocenters. The smallest absolute Gasteiger partial charge is 0.427 e. The third kappa shape index (κ3) is 8.48. The van der Waals surface area contributed by atoms with Crippen LogP contribution in [0.3, 0.4) is 0 Å². The molecule has 1 aromatic heterocycles. The van der Waals surface area contributed by atoms with Gasteiger partial charge in [-0.05, 0) is 71.9 Å². The highest BCUT2D eigenvalue weighted by Gasteiger charge is 2.34. The molecule has 1 heterocycles. The lowest BCUT2D eigenvalue weighted by Crippen LogP contribution is -2.44. The van der Waals surface area contributed by atoms with Gasteiger partial charge in [-0.3, -0.25) is 15.4 Å². The maximum absolute atomic E-state index is 12.9. The first kappa shape index (κ1) is 29.5. The van der Waals surface area contributed by atoms with Gasteiger partial charge in [0, 0.05) is 29.6 Å². The van der Waals surface area contributed by atoms with Gasteiger partial charge in [-0.15, -0.1) is 4.90 Å². The van der Waals surface area contributed by atoms with E-state index >= 15 is 0 Å². The Labute approximate surface area is 230 Å². The number of hydrogen-bond donors (Lipinski definition) is 1. The Morgan fingerprint density at radius 1 is 0.850 bits per heavy atom. The van der Waals surface area contributed by atoms with Crippen molar-refractivity contribution in [2.75, 3.05) is 10.2 Å². The molecule has 2 aromatic carbocycles. The van der Waals surface area contributed by atoms with E-state index in [-0.39, 0.29) is 17.4 Å². The average Bonchev–Trinajstić information content (AvgIpc) is 2.83. The summed E-state index contributed by atoms with van der Waals surface area (Å²) >= 11 is 0. The van der Waals surface area contributed by atoms with Crippen molar-refractivity contribution in [2.45, 2.75) is 52.7 Å². The van der Waals surface area contributed by atoms with E-state index in [9.17, 15) is 24.5 Å². The van der Waals surface area contributed by atoms with E-state index in [1.807, 2.05) is 0 Å². The summed E-state index contributed by atoms with van der Waals surface area (Å²) in [6, 6.07) is 13.1. The number of amides is 3. The van der Waals surface area contributed by atoms with Gasteiger partial charge in [-0.1, -0.05) is 12.1 Å². The Hall–Kier alpha value is -5.07. The Bertz CT molecular complexity index is 1370. The number of benzene rings is 2. The normalized spacial score (nSPS) is 11.2. The van der Waals surface area contributed by atoms with Gasteiger partial charge in [0.25, 0.3) is 5.69 Å². The largest absolute Gasteiger partial charge is 0.443 e. The Balaban J connectivity index is 1.77. The highest BCUT2D eigenvalue weighted by atomic mass is 16.6. The van der Waals surface area contributed by atoms with Crippen LogP contribution in [0.1, 0.15) is 41.5 Å². The predicted molar refractivity (Wildman–Crippen MR) is 145 cm³/mol. The molecular weight excluding hydrogens is 522 g/mol. The van der Waals surface area contributed by atoms with Crippen LogP contribution in [0.25, 0.3) is 11.3 Å². The molecular formula is C27H29N5O8. The molecule has 0 aliphatic rings. The summed E-state index contributed by atoms with van der Waals surface area (Å²) in [6.07, 6.45) is -1.40. The van der Waals surface area contributed by atoms with Gasteiger partial charge in [-0.2, -0.15) is 0 Å². The zero-order chi connectivity index (χ0) is 29.7. The van der Waals surface area contributed by atoms with Gasteiger partial charge in [0.15, 0.2) is 0 Å². The number of non-ortho nitro benzene ring substituents is 1. The molecule has 0 bridgehead atoms. The minimum Gasteiger partial charge on any atom is -0.443 e. The number of nitrogens with zero attached hydrogens (tertiary/aromatic N) is 4. The number of nitro groups is 1. The first-order chi connectivity index (χ1) is 18.6. The number of hydrogen-bond acceptors (Lipinski definition) is 10. The van der Waals surface area contributed by atoms with Crippen molar-refractivity contribution in [2.24, 2.45) is 0 Å². The summed E-state index contributed by atoms with van der Waals surface area (Å²) in [6.45, 7) is 9.96. The second-order valence-corrected chi connectivity index (χ2v) is 10.4. The van der Waals surface area contributed by atoms with Crippen molar-refractivity contribution in [3.05, 3.63) is 70.9 Å². The highest BCUT2D eigenvalue weighted by molar-refractivity contribution is 6.08. The molecule has 0 atom stereocenters. The van der Waals surface area contributed by atoms with Crippen molar-refractivity contribution < 1.29 is 33.5 Å². The molecule has 3 rings (SSSR count). The van der Waals surface area contributed by atoms with Crippen molar-refractivity contribution in [1.82, 2.24) is 9.97 Å². The van der Waals surface area contributed by atoms with E-state index in [1.54, 1.807) is 71.9 Å². The Morgan fingerprint density at radius 3 is 1.90 bits per heavy atom. The van der Waals surface area contributed by atoms with E-state index in [0.717, 1.165) is 0 Å². The van der Waals surface area contributed by atoms with Crippen LogP contribution >= 0.6 is 0 Å². The molecule has 0 aliphatic heterocycles. The number of carbonyl (C=O) groups is 3. The van der Waals surface area contributed by atoms with Gasteiger partial charge in [0.05, 0.1) is 10.6 Å². The van der Waals surface area contributed by atoms with Crippen molar-refractivity contribution in [3.63, 3.8) is 0 Å². The van der Waals surface area contributed by atoms with Gasteiger partial charge in [0.1, 0.15) is 17.0 Å². The van der Waals surface area contributed by atoms with E-state index in [1.165, 1.54) is 30.5 Å². The zero-order valence-corrected chi connectivity index (χ0v) is 22.8. The van der Waals surface area contributed by atoms with Crippen molar-refractivity contribution in [3.8, 4) is 17.0 Å². The van der Waals surface area contributed by atoms with E-state index < -0.39 is 34.4 Å². The van der Waals surface area contributed by atoms with Crippen LogP contribution in [0.5, 0.6) is 5.75 Å². The minimum atomic E-state index is -0.995. The molecule has 0 fully saturated rings. The number of rotatable bonds is 5. The second-order valence-electron chi connectivity index (χ2n) is 10.4. The highest BCUT2D eigenvalue weighted by Crippen LogP contribution is 2.24. The molecule has 3 aromatic rings. The van der Waals surface area contributed by atoms with Crippen molar-refractivity contribution >= 4 is 35.6 Å². The number of aromatic nitrogens is 2. The quantitative estimate of drug-likeness (QED) is 0.279. The molecule has 0 saturated heterocycles. The van der Waals surface area contributed by atoms with Crippen LogP contribution in [0.4, 0.5) is 31.7 Å². The standard InChI is InChI=1S/C27H29N5O8/c1-26(2,3)39-24(34)31(25(35)40-27(4,5)6)22-28-16-15-21(30-22)17-7-9-18(10-8-17)29-23(33)38-20-13-11-19(12-14-20)32(36)37/h7-16H,1-6H3,(H,29,33). The van der Waals surface area contributed by atoms with Gasteiger partial charge < -0.3 is 14.2 Å². The monoisotopic (exact) mass is 551 g/mol. The SMILES string of the molecule is CC(C)(C)OC(=O)N(C(=O)OC(C)(C)C)c1nccc(-c2ccc(NC(=O)Oc3ccc([N+](=O)[O-])cc3)cc2)n1. The Kier molecular flexibility index (Phi) is 8.67. The maximum atomic E-state index is 12.9. The fourth-order valence-electron chi connectivity index (χ4n) is 3.08. The fraction of sp³-hybridized carbons (Fsp3) is 0.296. The molecule has 0 spiro atoms. The summed E-state index contributed by atoms with van der Waals surface area (Å²) in [5.74, 6) is -0.109. The van der Waals surface area contributed by atoms with Crippen LogP contribution in [-0.4, -0.2) is 44.4 Å². The van der Waals surface area contributed by atoms with Gasteiger partial charge in [-0.25, -0.2) is 24.4 Å². The lowest BCUT2D eigenvalue weighted by molar-refractivity contribution is -0.384. The van der Waals surface area contributed by atoms with Crippen LogP contribution in [-0.2, 0) is 9.47 Å². The van der Waals surface area contributed by atoms with Crippen molar-refractivity contribution in [1.29, 1.82) is 0 Å². The summed E-state index contributed by atoms with van der Waals surface area (Å²) < 4.78 is 15.9. The van der Waals surface area contributed by atoms with Crippen LogP contribution in [0.2, 0.25) is 0 Å². The molecule has 13 heteroatoms. The second kappa shape index (κ2) is 11.8. The third-order valence-electron chi connectivity index (χ3n) is 4.68. The molecule has 0 radical (unpaired) electrons. The van der Waals surface area contributed by atoms with E-state index in [4.69, 9.17) is 14.2 Å². The number of nitro benzene ring substituents is 1. The van der Waals surface area contributed by atoms with Gasteiger partial charge in [0.2, 0.25) is 5.95 Å². The zero-order valence-electron chi connectivity index (χ0n) is 22.8. The lowest BCUT2D eigenvalue weighted by atomic mass is 10.1. The maximum Gasteiger partial charge on any atom is 0.427 e. The minimum absolute atomic E-state index is 0.128. The molecule has 13 nitrogen and oxygen atoms in total. The summed E-state index contributed by atoms with van der Waals surface area (Å²) in [4.78, 5) is 57.3. The molecule has 40 heavy (non-hydrogen) atoms. The Morgan fingerprint density at radius 2 is 1.40 bits per heavy atom.